The van der Waals surface area contributed by atoms with Crippen LogP contribution in [0, 0.1) is 0 Å². The Labute approximate surface area is 119 Å². The van der Waals surface area contributed by atoms with E-state index in [0.29, 0.717) is 6.29 Å². The molecule has 5 nitrogen and oxygen atoms in total. The first-order valence-corrected chi connectivity index (χ1v) is 5.48. The van der Waals surface area contributed by atoms with E-state index in [1.807, 2.05) is 0 Å². The standard InChI is InChI=1S/C3H4O3.CH2I2.CH2O2.Ag/c4-1-2-6-3-5;2*2-1-3;/h1,3H,2H2;1H2;1H,(H,2,3);. The summed E-state index contributed by atoms with van der Waals surface area (Å²) in [5.41, 5.74) is 0. The molecule has 0 unspecified atom stereocenters. The minimum atomic E-state index is -0.250. The van der Waals surface area contributed by atoms with Crippen molar-refractivity contribution in [3.05, 3.63) is 0 Å². The van der Waals surface area contributed by atoms with Gasteiger partial charge in [-0.25, -0.2) is 0 Å². The van der Waals surface area contributed by atoms with Crippen molar-refractivity contribution < 1.29 is 46.6 Å². The first-order valence-electron chi connectivity index (χ1n) is 2.43. The third-order valence-corrected chi connectivity index (χ3v) is 0.232. The van der Waals surface area contributed by atoms with Gasteiger partial charge < -0.3 is 9.84 Å². The van der Waals surface area contributed by atoms with Gasteiger partial charge in [-0.15, -0.1) is 0 Å². The van der Waals surface area contributed by atoms with E-state index in [1.165, 1.54) is 2.43 Å². The molecule has 0 spiro atoms. The second-order valence-electron chi connectivity index (χ2n) is 0.803. The Morgan fingerprint density at radius 2 is 1.54 bits per heavy atom. The Bertz CT molecular complexity index is 94.9. The van der Waals surface area contributed by atoms with E-state index in [0.717, 1.165) is 0 Å². The molecule has 8 heteroatoms. The summed E-state index contributed by atoms with van der Waals surface area (Å²) in [5, 5.41) is 6.89. The maximum atomic E-state index is 9.28. The fourth-order valence-electron chi connectivity index (χ4n) is 0.0786. The smallest absolute Gasteiger partial charge is 0.293 e. The van der Waals surface area contributed by atoms with Gasteiger partial charge in [0.15, 0.2) is 6.29 Å². The molecule has 0 saturated carbocycles. The number of hydrogen-bond acceptors (Lipinski definition) is 4. The van der Waals surface area contributed by atoms with Gasteiger partial charge in [-0.05, 0) is 0 Å². The Balaban J connectivity index is -0.0000000501. The number of ether oxygens (including phenoxy) is 1. The van der Waals surface area contributed by atoms with Crippen molar-refractivity contribution in [1.82, 2.24) is 0 Å². The van der Waals surface area contributed by atoms with Gasteiger partial charge in [-0.2, -0.15) is 0 Å². The molecule has 0 aromatic heterocycles. The van der Waals surface area contributed by atoms with Crippen LogP contribution in [0.2, 0.25) is 0 Å². The van der Waals surface area contributed by atoms with Crippen LogP contribution in [-0.2, 0) is 41.5 Å². The number of alkyl halides is 2. The molecule has 0 saturated heterocycles. The number of aldehydes is 1. The summed E-state index contributed by atoms with van der Waals surface area (Å²) in [4.78, 5) is 26.8. The molecule has 0 rings (SSSR count). The fourth-order valence-corrected chi connectivity index (χ4v) is 0.0786. The zero-order valence-corrected chi connectivity index (χ0v) is 12.1. The topological polar surface area (TPSA) is 80.7 Å². The molecular weight excluding hydrogens is 502 g/mol. The minimum absolute atomic E-state index is 0. The molecule has 13 heavy (non-hydrogen) atoms. The van der Waals surface area contributed by atoms with E-state index in [1.54, 1.807) is 0 Å². The molecule has 0 bridgehead atoms. The maximum Gasteiger partial charge on any atom is 0.293 e. The SMILES string of the molecule is ICI.O=CCOC=O.O=CO.[Ag]. The number of carbonyl (C=O) groups excluding carboxylic acids is 2. The maximum absolute atomic E-state index is 9.28. The summed E-state index contributed by atoms with van der Waals surface area (Å²) >= 11 is 4.55. The van der Waals surface area contributed by atoms with Crippen molar-refractivity contribution in [1.29, 1.82) is 0 Å². The van der Waals surface area contributed by atoms with E-state index in [-0.39, 0.29) is 41.9 Å². The van der Waals surface area contributed by atoms with Gasteiger partial charge in [0.25, 0.3) is 12.9 Å². The average molecular weight is 510 g/mol. The van der Waals surface area contributed by atoms with Crippen LogP contribution in [-0.4, -0.2) is 33.4 Å². The van der Waals surface area contributed by atoms with Crippen molar-refractivity contribution in [2.45, 2.75) is 0 Å². The van der Waals surface area contributed by atoms with Crippen LogP contribution < -0.4 is 0 Å². The van der Waals surface area contributed by atoms with Crippen molar-refractivity contribution in [3.63, 3.8) is 0 Å². The number of rotatable bonds is 3. The van der Waals surface area contributed by atoms with Gasteiger partial charge in [-0.1, -0.05) is 45.2 Å². The molecule has 0 aliphatic heterocycles. The number of carbonyl (C=O) groups is 3. The molecule has 0 atom stereocenters. The molecule has 0 amide bonds. The van der Waals surface area contributed by atoms with Crippen LogP contribution in [0.15, 0.2) is 0 Å². The zero-order chi connectivity index (χ0) is 10.2. The molecule has 0 aromatic rings. The molecule has 1 N–H and O–H groups in total. The molecule has 83 valence electrons. The predicted octanol–water partition coefficient (Wildman–Crippen LogP) is 0.871. The molecule has 0 aromatic carbocycles. The number of hydrogen-bond donors (Lipinski definition) is 1. The first kappa shape index (κ1) is 23.5. The van der Waals surface area contributed by atoms with Crippen LogP contribution in [0.4, 0.5) is 0 Å². The van der Waals surface area contributed by atoms with Gasteiger partial charge in [0.2, 0.25) is 0 Å². The summed E-state index contributed by atoms with van der Waals surface area (Å²) in [5.74, 6) is 0. The predicted molar refractivity (Wildman–Crippen MR) is 59.7 cm³/mol. The van der Waals surface area contributed by atoms with Gasteiger partial charge >= 0.3 is 0 Å². The summed E-state index contributed by atoms with van der Waals surface area (Å²) in [6.45, 7) is -0.155. The van der Waals surface area contributed by atoms with E-state index >= 15 is 0 Å². The van der Waals surface area contributed by atoms with Crippen LogP contribution in [0.25, 0.3) is 0 Å². The van der Waals surface area contributed by atoms with E-state index in [4.69, 9.17) is 9.90 Å². The summed E-state index contributed by atoms with van der Waals surface area (Å²) in [6.07, 6.45) is 0.508. The zero-order valence-electron chi connectivity index (χ0n) is 6.28. The third-order valence-electron chi connectivity index (χ3n) is 0.232. The van der Waals surface area contributed by atoms with Gasteiger partial charge in [0.1, 0.15) is 6.61 Å². The summed E-state index contributed by atoms with van der Waals surface area (Å²) in [7, 11) is 0. The molecule has 0 heterocycles. The van der Waals surface area contributed by atoms with E-state index in [9.17, 15) is 9.59 Å². The normalized spacial score (nSPS) is 5.38. The van der Waals surface area contributed by atoms with Crippen molar-refractivity contribution in [2.75, 3.05) is 9.04 Å². The van der Waals surface area contributed by atoms with E-state index in [2.05, 4.69) is 49.9 Å². The van der Waals surface area contributed by atoms with Gasteiger partial charge in [0.05, 0.1) is 2.43 Å². The summed E-state index contributed by atoms with van der Waals surface area (Å²) < 4.78 is 5.12. The third kappa shape index (κ3) is 103. The van der Waals surface area contributed by atoms with Crippen molar-refractivity contribution in [3.8, 4) is 0 Å². The average Bonchev–Trinajstić information content (AvgIpc) is 2.04. The van der Waals surface area contributed by atoms with Crippen LogP contribution in [0.5, 0.6) is 0 Å². The molecule has 0 aliphatic carbocycles. The minimum Gasteiger partial charge on any atom is -0.483 e. The van der Waals surface area contributed by atoms with E-state index < -0.39 is 0 Å². The van der Waals surface area contributed by atoms with Crippen LogP contribution in [0.3, 0.4) is 0 Å². The largest absolute Gasteiger partial charge is 0.483 e. The monoisotopic (exact) mass is 509 g/mol. The molecular formula is C5H8AgI2O5. The Hall–Kier alpha value is 0.810. The quantitative estimate of drug-likeness (QED) is 0.201. The second kappa shape index (κ2) is 38.5. The van der Waals surface area contributed by atoms with Gasteiger partial charge in [0, 0.05) is 22.4 Å². The summed E-state index contributed by atoms with van der Waals surface area (Å²) in [6, 6.07) is 0. The molecule has 1 radical (unpaired) electrons. The Kier molecular flexibility index (Phi) is 69.8. The Morgan fingerprint density at radius 1 is 1.23 bits per heavy atom. The first-order chi connectivity index (χ1) is 5.74. The molecule has 0 fully saturated rings. The number of halogens is 2. The van der Waals surface area contributed by atoms with Crippen molar-refractivity contribution in [2.24, 2.45) is 0 Å². The van der Waals surface area contributed by atoms with Crippen LogP contribution in [0.1, 0.15) is 0 Å². The van der Waals surface area contributed by atoms with Crippen LogP contribution >= 0.6 is 45.2 Å². The fraction of sp³-hybridized carbons (Fsp3) is 0.400. The molecule has 0 aliphatic rings. The number of carboxylic acid groups (broad SMARTS) is 1. The Morgan fingerprint density at radius 3 is 1.62 bits per heavy atom. The van der Waals surface area contributed by atoms with Gasteiger partial charge in [-0.3, -0.25) is 14.4 Å². The van der Waals surface area contributed by atoms with Crippen molar-refractivity contribution >= 4 is 64.4 Å². The second-order valence-corrected chi connectivity index (χ2v) is 5.25.